The Labute approximate surface area is 123 Å². The van der Waals surface area contributed by atoms with Crippen LogP contribution in [0, 0.1) is 12.7 Å². The van der Waals surface area contributed by atoms with Crippen molar-refractivity contribution in [2.75, 3.05) is 0 Å². The predicted molar refractivity (Wildman–Crippen MR) is 43.9 cm³/mol. The number of hydrogen-bond donors (Lipinski definition) is 0. The molecule has 0 aliphatic rings. The van der Waals surface area contributed by atoms with Crippen LogP contribution >= 0.6 is 0 Å². The van der Waals surface area contributed by atoms with Crippen molar-refractivity contribution in [1.29, 1.82) is 0 Å². The van der Waals surface area contributed by atoms with Gasteiger partial charge in [0.1, 0.15) is 5.82 Å². The van der Waals surface area contributed by atoms with Gasteiger partial charge in [0.15, 0.2) is 0 Å². The van der Waals surface area contributed by atoms with Gasteiger partial charge in [-0.2, -0.15) is 0 Å². The molecule has 0 heterocycles. The molecule has 0 nitrogen and oxygen atoms in total. The van der Waals surface area contributed by atoms with Crippen LogP contribution in [0.25, 0.3) is 0 Å². The molecule has 0 aromatic heterocycles. The summed E-state index contributed by atoms with van der Waals surface area (Å²) in [5, 5.41) is 0. The quantitative estimate of drug-likeness (QED) is 0.498. The Hall–Kier alpha value is 0.641. The maximum absolute atomic E-state index is 12.9. The van der Waals surface area contributed by atoms with Crippen LogP contribution in [0.15, 0.2) is 18.2 Å². The van der Waals surface area contributed by atoms with Crippen LogP contribution < -0.4 is 51.4 Å². The molecule has 0 amide bonds. The molecule has 0 saturated carbocycles. The van der Waals surface area contributed by atoms with Gasteiger partial charge in [-0.15, -0.1) is 0 Å². The van der Waals surface area contributed by atoms with Crippen molar-refractivity contribution in [2.24, 2.45) is 0 Å². The van der Waals surface area contributed by atoms with E-state index in [2.05, 4.69) is 0 Å². The topological polar surface area (TPSA) is 0 Å². The van der Waals surface area contributed by atoms with Crippen molar-refractivity contribution in [3.05, 3.63) is 35.1 Å². The van der Waals surface area contributed by atoms with Crippen LogP contribution in [0.5, 0.6) is 0 Å². The molecule has 0 unspecified atom stereocenters. The van der Waals surface area contributed by atoms with Crippen LogP contribution in [0.4, 0.5) is 17.3 Å². The average molecular weight is 230 g/mol. The number of aryl methyl sites for hydroxylation is 1. The van der Waals surface area contributed by atoms with Crippen molar-refractivity contribution in [3.8, 4) is 0 Å². The van der Waals surface area contributed by atoms with E-state index in [9.17, 15) is 17.3 Å². The summed E-state index contributed by atoms with van der Waals surface area (Å²) in [6.07, 6.45) is -1.15. The van der Waals surface area contributed by atoms with Crippen LogP contribution in [0.3, 0.4) is 0 Å². The molecule has 0 aliphatic heterocycles. The first-order valence-electron chi connectivity index (χ1n) is 3.84. The van der Waals surface area contributed by atoms with Gasteiger partial charge in [0.25, 0.3) is 0 Å². The summed E-state index contributed by atoms with van der Waals surface area (Å²) < 4.78 is 48.6. The molecule has 0 atom stereocenters. The van der Waals surface area contributed by atoms with E-state index in [0.29, 0.717) is 5.56 Å². The Bertz CT molecular complexity index is 311. The fourth-order valence-electron chi connectivity index (χ4n) is 1.07. The molecule has 0 saturated heterocycles. The van der Waals surface area contributed by atoms with Crippen LogP contribution in [-0.2, 0) is 6.32 Å². The molecule has 0 radical (unpaired) electrons. The molecule has 0 N–H and O–H groups in total. The third kappa shape index (κ3) is 4.93. The zero-order chi connectivity index (χ0) is 10.1. The van der Waals surface area contributed by atoms with Gasteiger partial charge in [-0.1, -0.05) is 18.5 Å². The summed E-state index contributed by atoms with van der Waals surface area (Å²) in [5.74, 6) is -0.779. The molecular formula is C8H8BF4K. The van der Waals surface area contributed by atoms with E-state index < -0.39 is 19.1 Å². The first-order valence-corrected chi connectivity index (χ1v) is 3.84. The van der Waals surface area contributed by atoms with E-state index in [1.165, 1.54) is 12.1 Å². The summed E-state index contributed by atoms with van der Waals surface area (Å²) in [5.41, 5.74) is 0.342. The van der Waals surface area contributed by atoms with Crippen molar-refractivity contribution in [3.63, 3.8) is 0 Å². The minimum Gasteiger partial charge on any atom is -0.449 e. The van der Waals surface area contributed by atoms with Gasteiger partial charge in [-0.25, -0.2) is 4.39 Å². The molecule has 0 fully saturated rings. The van der Waals surface area contributed by atoms with Crippen molar-refractivity contribution >= 4 is 6.98 Å². The third-order valence-corrected chi connectivity index (χ3v) is 1.66. The van der Waals surface area contributed by atoms with Gasteiger partial charge in [0.05, 0.1) is 0 Å². The molecular weight excluding hydrogens is 222 g/mol. The number of benzene rings is 1. The largest absolute Gasteiger partial charge is 1.00 e. The molecule has 1 aromatic carbocycles. The van der Waals surface area contributed by atoms with E-state index in [1.54, 1.807) is 6.92 Å². The summed E-state index contributed by atoms with van der Waals surface area (Å²) >= 11 is 0. The molecule has 1 aromatic rings. The SMILES string of the molecule is Cc1ccc(C[B-](F)(F)F)c(F)c1.[K+]. The maximum atomic E-state index is 12.9. The minimum absolute atomic E-state index is 0. The summed E-state index contributed by atoms with van der Waals surface area (Å²) in [6, 6.07) is 3.76. The first-order chi connectivity index (χ1) is 5.88. The Morgan fingerprint density at radius 3 is 2.21 bits per heavy atom. The molecule has 0 bridgehead atoms. The normalized spacial score (nSPS) is 10.9. The number of hydrogen-bond acceptors (Lipinski definition) is 0. The van der Waals surface area contributed by atoms with E-state index in [1.807, 2.05) is 0 Å². The molecule has 1 rings (SSSR count). The van der Waals surface area contributed by atoms with Crippen LogP contribution in [-0.4, -0.2) is 6.98 Å². The predicted octanol–water partition coefficient (Wildman–Crippen LogP) is 0.0672. The zero-order valence-electron chi connectivity index (χ0n) is 8.03. The third-order valence-electron chi connectivity index (χ3n) is 1.66. The minimum atomic E-state index is -4.95. The maximum Gasteiger partial charge on any atom is 1.00 e. The van der Waals surface area contributed by atoms with Crippen molar-refractivity contribution in [2.45, 2.75) is 13.2 Å². The standard InChI is InChI=1S/C8H8BF4.K/c1-6-2-3-7(8(10)4-6)5-9(11,12)13;/h2-4H,5H2,1H3;/q-1;+1. The second kappa shape index (κ2) is 5.65. The van der Waals surface area contributed by atoms with E-state index in [-0.39, 0.29) is 56.9 Å². The molecule has 14 heavy (non-hydrogen) atoms. The van der Waals surface area contributed by atoms with E-state index >= 15 is 0 Å². The first kappa shape index (κ1) is 14.6. The second-order valence-electron chi connectivity index (χ2n) is 3.01. The summed E-state index contributed by atoms with van der Waals surface area (Å²) in [6.45, 7) is -3.32. The van der Waals surface area contributed by atoms with Gasteiger partial charge in [0, 0.05) is 0 Å². The van der Waals surface area contributed by atoms with Crippen molar-refractivity contribution in [1.82, 2.24) is 0 Å². The average Bonchev–Trinajstić information content (AvgIpc) is 1.93. The van der Waals surface area contributed by atoms with E-state index in [4.69, 9.17) is 0 Å². The Balaban J connectivity index is 0.00000169. The number of rotatable bonds is 2. The smallest absolute Gasteiger partial charge is 0.449 e. The Morgan fingerprint density at radius 1 is 1.21 bits per heavy atom. The summed E-state index contributed by atoms with van der Waals surface area (Å²) in [7, 11) is 0. The fourth-order valence-corrected chi connectivity index (χ4v) is 1.07. The van der Waals surface area contributed by atoms with Crippen molar-refractivity contribution < 1.29 is 68.7 Å². The van der Waals surface area contributed by atoms with Crippen LogP contribution in [0.2, 0.25) is 0 Å². The van der Waals surface area contributed by atoms with Gasteiger partial charge in [0.2, 0.25) is 0 Å². The molecule has 0 spiro atoms. The van der Waals surface area contributed by atoms with Crippen LogP contribution in [0.1, 0.15) is 11.1 Å². The van der Waals surface area contributed by atoms with Gasteiger partial charge < -0.3 is 12.9 Å². The Morgan fingerprint density at radius 2 is 1.79 bits per heavy atom. The fraction of sp³-hybridized carbons (Fsp3) is 0.250. The summed E-state index contributed by atoms with van der Waals surface area (Å²) in [4.78, 5) is 0. The van der Waals surface area contributed by atoms with E-state index in [0.717, 1.165) is 6.07 Å². The molecule has 0 aliphatic carbocycles. The zero-order valence-corrected chi connectivity index (χ0v) is 11.2. The monoisotopic (exact) mass is 230 g/mol. The van der Waals surface area contributed by atoms with Gasteiger partial charge in [-0.3, -0.25) is 0 Å². The molecule has 72 valence electrons. The second-order valence-corrected chi connectivity index (χ2v) is 3.01. The Kier molecular flexibility index (Phi) is 5.91. The van der Waals surface area contributed by atoms with Gasteiger partial charge in [-0.05, 0) is 24.1 Å². The van der Waals surface area contributed by atoms with Gasteiger partial charge >= 0.3 is 58.4 Å². The molecule has 6 heteroatoms. The number of halogens is 4.